The Kier molecular flexibility index (Phi) is 10.6. The molecule has 0 unspecified atom stereocenters. The van der Waals surface area contributed by atoms with Gasteiger partial charge in [0.25, 0.3) is 5.91 Å². The Bertz CT molecular complexity index is 1060. The van der Waals surface area contributed by atoms with Crippen LogP contribution in [0, 0.1) is 0 Å². The number of nitrogens with zero attached hydrogens (tertiary/aromatic N) is 1. The highest BCUT2D eigenvalue weighted by atomic mass is 35.5. The van der Waals surface area contributed by atoms with E-state index < -0.39 is 6.04 Å². The van der Waals surface area contributed by atoms with Gasteiger partial charge in [0, 0.05) is 26.3 Å². The molecule has 6 nitrogen and oxygen atoms in total. The summed E-state index contributed by atoms with van der Waals surface area (Å²) in [4.78, 5) is 28.5. The molecule has 2 amide bonds. The van der Waals surface area contributed by atoms with Crippen molar-refractivity contribution in [2.24, 2.45) is 0 Å². The maximum absolute atomic E-state index is 13.5. The molecule has 0 bridgehead atoms. The van der Waals surface area contributed by atoms with Crippen LogP contribution in [0.2, 0.25) is 5.02 Å². The van der Waals surface area contributed by atoms with Gasteiger partial charge in [-0.3, -0.25) is 9.59 Å². The van der Waals surface area contributed by atoms with Gasteiger partial charge >= 0.3 is 0 Å². The molecule has 0 aromatic heterocycles. The molecule has 184 valence electrons. The average Bonchev–Trinajstić information content (AvgIpc) is 2.89. The van der Waals surface area contributed by atoms with Crippen LogP contribution in [0.25, 0.3) is 0 Å². The number of hydrogen-bond acceptors (Lipinski definition) is 4. The summed E-state index contributed by atoms with van der Waals surface area (Å²) in [6.45, 7) is 3.57. The monoisotopic (exact) mass is 494 g/mol. The molecule has 0 saturated carbocycles. The Morgan fingerprint density at radius 2 is 1.60 bits per heavy atom. The smallest absolute Gasteiger partial charge is 0.261 e. The van der Waals surface area contributed by atoms with Gasteiger partial charge in [0.1, 0.15) is 11.8 Å². The zero-order chi connectivity index (χ0) is 24.9. The Balaban J connectivity index is 1.85. The SMILES string of the molecule is CCOCCCNC(=O)[C@@H](c1ccccc1)N(Cc1ccccc1)C(=O)COc1ccccc1Cl. The summed E-state index contributed by atoms with van der Waals surface area (Å²) in [5.74, 6) is -0.166. The Labute approximate surface area is 211 Å². The summed E-state index contributed by atoms with van der Waals surface area (Å²) in [5.41, 5.74) is 1.63. The number of para-hydroxylation sites is 1. The van der Waals surface area contributed by atoms with Crippen LogP contribution in [-0.4, -0.2) is 43.1 Å². The molecule has 0 spiro atoms. The Hall–Kier alpha value is -3.35. The second-order valence-electron chi connectivity index (χ2n) is 7.88. The van der Waals surface area contributed by atoms with E-state index in [1.807, 2.05) is 67.6 Å². The van der Waals surface area contributed by atoms with E-state index in [0.717, 1.165) is 11.1 Å². The van der Waals surface area contributed by atoms with Gasteiger partial charge < -0.3 is 19.7 Å². The van der Waals surface area contributed by atoms with E-state index in [9.17, 15) is 9.59 Å². The Morgan fingerprint density at radius 1 is 0.943 bits per heavy atom. The predicted octanol–water partition coefficient (Wildman–Crippen LogP) is 5.03. The van der Waals surface area contributed by atoms with Crippen LogP contribution in [0.15, 0.2) is 84.9 Å². The molecule has 7 heteroatoms. The average molecular weight is 495 g/mol. The predicted molar refractivity (Wildman–Crippen MR) is 137 cm³/mol. The number of carbonyl (C=O) groups excluding carboxylic acids is 2. The quantitative estimate of drug-likeness (QED) is 0.338. The molecule has 0 radical (unpaired) electrons. The van der Waals surface area contributed by atoms with E-state index in [1.54, 1.807) is 29.2 Å². The maximum atomic E-state index is 13.5. The first kappa shape index (κ1) is 26.3. The lowest BCUT2D eigenvalue weighted by molar-refractivity contribution is -0.143. The minimum atomic E-state index is -0.828. The third kappa shape index (κ3) is 8.12. The molecular formula is C28H31ClN2O4. The van der Waals surface area contributed by atoms with Crippen LogP contribution in [0.1, 0.15) is 30.5 Å². The van der Waals surface area contributed by atoms with Crippen molar-refractivity contribution in [2.75, 3.05) is 26.4 Å². The van der Waals surface area contributed by atoms with Crippen molar-refractivity contribution >= 4 is 23.4 Å². The molecule has 3 aromatic carbocycles. The van der Waals surface area contributed by atoms with Gasteiger partial charge in [0.05, 0.1) is 5.02 Å². The second kappa shape index (κ2) is 14.1. The zero-order valence-electron chi connectivity index (χ0n) is 19.9. The third-order valence-corrected chi connectivity index (χ3v) is 5.66. The van der Waals surface area contributed by atoms with Crippen LogP contribution < -0.4 is 10.1 Å². The van der Waals surface area contributed by atoms with E-state index in [2.05, 4.69) is 5.32 Å². The fraction of sp³-hybridized carbons (Fsp3) is 0.286. The summed E-state index contributed by atoms with van der Waals surface area (Å²) in [6.07, 6.45) is 0.684. The number of carbonyl (C=O) groups is 2. The van der Waals surface area contributed by atoms with E-state index >= 15 is 0 Å². The summed E-state index contributed by atoms with van der Waals surface area (Å²) in [5, 5.41) is 3.39. The second-order valence-corrected chi connectivity index (χ2v) is 8.29. The lowest BCUT2D eigenvalue weighted by Crippen LogP contribution is -2.45. The van der Waals surface area contributed by atoms with Crippen LogP contribution in [0.4, 0.5) is 0 Å². The molecular weight excluding hydrogens is 464 g/mol. The lowest BCUT2D eigenvalue weighted by Gasteiger charge is -2.31. The van der Waals surface area contributed by atoms with Crippen LogP contribution in [-0.2, 0) is 20.9 Å². The lowest BCUT2D eigenvalue weighted by atomic mass is 10.0. The number of rotatable bonds is 13. The number of amides is 2. The number of ether oxygens (including phenoxy) is 2. The minimum Gasteiger partial charge on any atom is -0.482 e. The maximum Gasteiger partial charge on any atom is 0.261 e. The highest BCUT2D eigenvalue weighted by molar-refractivity contribution is 6.32. The van der Waals surface area contributed by atoms with Gasteiger partial charge in [-0.25, -0.2) is 0 Å². The molecule has 3 rings (SSSR count). The molecule has 1 atom stereocenters. The molecule has 0 aliphatic rings. The highest BCUT2D eigenvalue weighted by Crippen LogP contribution is 2.26. The molecule has 0 heterocycles. The van der Waals surface area contributed by atoms with Crippen molar-refractivity contribution in [3.05, 3.63) is 101 Å². The fourth-order valence-corrected chi connectivity index (χ4v) is 3.81. The van der Waals surface area contributed by atoms with Gasteiger partial charge in [-0.2, -0.15) is 0 Å². The van der Waals surface area contributed by atoms with E-state index in [4.69, 9.17) is 21.1 Å². The number of halogens is 1. The van der Waals surface area contributed by atoms with E-state index in [1.165, 1.54) is 0 Å². The van der Waals surface area contributed by atoms with Crippen molar-refractivity contribution in [3.63, 3.8) is 0 Å². The summed E-state index contributed by atoms with van der Waals surface area (Å²) >= 11 is 6.20. The first-order valence-electron chi connectivity index (χ1n) is 11.7. The first-order chi connectivity index (χ1) is 17.1. The van der Waals surface area contributed by atoms with Crippen molar-refractivity contribution in [1.29, 1.82) is 0 Å². The topological polar surface area (TPSA) is 67.9 Å². The number of hydrogen-bond donors (Lipinski definition) is 1. The van der Waals surface area contributed by atoms with E-state index in [0.29, 0.717) is 37.0 Å². The largest absolute Gasteiger partial charge is 0.482 e. The normalized spacial score (nSPS) is 11.5. The minimum absolute atomic E-state index is 0.248. The molecule has 0 aliphatic heterocycles. The van der Waals surface area contributed by atoms with Crippen LogP contribution >= 0.6 is 11.6 Å². The molecule has 0 fully saturated rings. The number of benzene rings is 3. The van der Waals surface area contributed by atoms with Gasteiger partial charge in [0.2, 0.25) is 5.91 Å². The van der Waals surface area contributed by atoms with Gasteiger partial charge in [-0.05, 0) is 36.6 Å². The summed E-state index contributed by atoms with van der Waals surface area (Å²) in [7, 11) is 0. The van der Waals surface area contributed by atoms with Gasteiger partial charge in [0.15, 0.2) is 6.61 Å². The fourth-order valence-electron chi connectivity index (χ4n) is 3.62. The van der Waals surface area contributed by atoms with Gasteiger partial charge in [-0.1, -0.05) is 84.4 Å². The molecule has 0 saturated heterocycles. The number of nitrogens with one attached hydrogen (secondary N) is 1. The van der Waals surface area contributed by atoms with Crippen LogP contribution in [0.3, 0.4) is 0 Å². The van der Waals surface area contributed by atoms with Crippen molar-refractivity contribution in [1.82, 2.24) is 10.2 Å². The van der Waals surface area contributed by atoms with E-state index in [-0.39, 0.29) is 25.0 Å². The Morgan fingerprint density at radius 3 is 2.29 bits per heavy atom. The summed E-state index contributed by atoms with van der Waals surface area (Å²) < 4.78 is 11.1. The van der Waals surface area contributed by atoms with Gasteiger partial charge in [-0.15, -0.1) is 0 Å². The van der Waals surface area contributed by atoms with Crippen molar-refractivity contribution in [3.8, 4) is 5.75 Å². The zero-order valence-corrected chi connectivity index (χ0v) is 20.6. The first-order valence-corrected chi connectivity index (χ1v) is 12.1. The van der Waals surface area contributed by atoms with Crippen molar-refractivity contribution < 1.29 is 19.1 Å². The summed E-state index contributed by atoms with van der Waals surface area (Å²) in [6, 6.07) is 25.0. The third-order valence-electron chi connectivity index (χ3n) is 5.35. The molecule has 35 heavy (non-hydrogen) atoms. The van der Waals surface area contributed by atoms with Crippen molar-refractivity contribution in [2.45, 2.75) is 25.9 Å². The van der Waals surface area contributed by atoms with Crippen LogP contribution in [0.5, 0.6) is 5.75 Å². The highest BCUT2D eigenvalue weighted by Gasteiger charge is 2.31. The molecule has 3 aromatic rings. The molecule has 0 aliphatic carbocycles. The molecule has 1 N–H and O–H groups in total. The standard InChI is InChI=1S/C28H31ClN2O4/c1-2-34-19-11-18-30-28(33)27(23-14-7-4-8-15-23)31(20-22-12-5-3-6-13-22)26(32)21-35-25-17-10-9-16-24(25)29/h3-10,12-17,27H,2,11,18-21H2,1H3,(H,30,33)/t27-/m1/s1.